The number of nitrogens with two attached hydrogens (primary N) is 1. The third kappa shape index (κ3) is 10.6. The molecule has 0 saturated carbocycles. The minimum Gasteiger partial charge on any atom is -0.396 e. The molecule has 9 nitrogen and oxygen atoms in total. The third-order valence-corrected chi connectivity index (χ3v) is 4.67. The van der Waals surface area contributed by atoms with Crippen LogP contribution in [0.4, 0.5) is 0 Å². The van der Waals surface area contributed by atoms with E-state index in [9.17, 15) is 19.5 Å². The van der Waals surface area contributed by atoms with Crippen LogP contribution in [0.15, 0.2) is 0 Å². The molecule has 2 atom stereocenters. The SMILES string of the molecule is CCCC(=O)N(C)[C@H](COCCCCCO)C(=O)N(C)[C@@H](CC(C)(C)O)C(N)=O. The highest BCUT2D eigenvalue weighted by Gasteiger charge is 2.36. The highest BCUT2D eigenvalue weighted by Crippen LogP contribution is 2.17. The summed E-state index contributed by atoms with van der Waals surface area (Å²) < 4.78 is 5.62. The number of aliphatic hydroxyl groups is 2. The van der Waals surface area contributed by atoms with Gasteiger partial charge in [-0.15, -0.1) is 0 Å². The van der Waals surface area contributed by atoms with Gasteiger partial charge in [0, 0.05) is 40.2 Å². The summed E-state index contributed by atoms with van der Waals surface area (Å²) in [4.78, 5) is 39.9. The number of aliphatic hydroxyl groups excluding tert-OH is 1. The van der Waals surface area contributed by atoms with Crippen LogP contribution in [-0.2, 0) is 19.1 Å². The van der Waals surface area contributed by atoms with E-state index in [0.717, 1.165) is 12.8 Å². The molecule has 0 aliphatic carbocycles. The summed E-state index contributed by atoms with van der Waals surface area (Å²) in [5, 5.41) is 18.9. The van der Waals surface area contributed by atoms with Gasteiger partial charge in [-0.05, 0) is 39.5 Å². The number of hydrogen-bond donors (Lipinski definition) is 3. The van der Waals surface area contributed by atoms with E-state index in [0.29, 0.717) is 25.9 Å². The highest BCUT2D eigenvalue weighted by atomic mass is 16.5. The maximum atomic E-state index is 13.1. The van der Waals surface area contributed by atoms with E-state index >= 15 is 0 Å². The molecule has 0 aromatic heterocycles. The molecular weight excluding hydrogens is 378 g/mol. The van der Waals surface area contributed by atoms with Gasteiger partial charge in [0.05, 0.1) is 12.2 Å². The maximum Gasteiger partial charge on any atom is 0.248 e. The Morgan fingerprint density at radius 1 is 1.07 bits per heavy atom. The average molecular weight is 418 g/mol. The van der Waals surface area contributed by atoms with Gasteiger partial charge in [0.15, 0.2) is 0 Å². The topological polar surface area (TPSA) is 133 Å². The van der Waals surface area contributed by atoms with Crippen molar-refractivity contribution in [3.63, 3.8) is 0 Å². The molecule has 0 aliphatic heterocycles. The Balaban J connectivity index is 5.30. The van der Waals surface area contributed by atoms with Gasteiger partial charge in [-0.1, -0.05) is 6.92 Å². The summed E-state index contributed by atoms with van der Waals surface area (Å²) >= 11 is 0. The molecule has 0 aliphatic rings. The first-order chi connectivity index (χ1) is 13.5. The van der Waals surface area contributed by atoms with E-state index in [1.165, 1.54) is 30.7 Å². The number of hydrogen-bond acceptors (Lipinski definition) is 6. The number of ether oxygens (including phenoxy) is 1. The molecule has 0 saturated heterocycles. The quantitative estimate of drug-likeness (QED) is 0.328. The summed E-state index contributed by atoms with van der Waals surface area (Å²) in [5.74, 6) is -1.39. The number of amides is 3. The van der Waals surface area contributed by atoms with Gasteiger partial charge in [-0.25, -0.2) is 0 Å². The van der Waals surface area contributed by atoms with Crippen LogP contribution in [0.2, 0.25) is 0 Å². The van der Waals surface area contributed by atoms with E-state index in [1.54, 1.807) is 7.05 Å². The van der Waals surface area contributed by atoms with E-state index in [-0.39, 0.29) is 25.5 Å². The average Bonchev–Trinajstić information content (AvgIpc) is 2.63. The molecule has 0 bridgehead atoms. The van der Waals surface area contributed by atoms with Crippen LogP contribution >= 0.6 is 0 Å². The summed E-state index contributed by atoms with van der Waals surface area (Å²) in [6.45, 7) is 5.44. The monoisotopic (exact) mass is 417 g/mol. The van der Waals surface area contributed by atoms with Crippen LogP contribution in [0, 0.1) is 0 Å². The van der Waals surface area contributed by atoms with E-state index in [2.05, 4.69) is 0 Å². The smallest absolute Gasteiger partial charge is 0.248 e. The standard InChI is InChI=1S/C20H39N3O6/c1-6-10-17(25)22(4)16(14-29-12-9-7-8-11-24)19(27)23(5)15(18(21)26)13-20(2,3)28/h15-16,24,28H,6-14H2,1-5H3,(H2,21,26)/t15-,16+/m0/s1. The van der Waals surface area contributed by atoms with Crippen LogP contribution in [0.3, 0.4) is 0 Å². The largest absolute Gasteiger partial charge is 0.396 e. The lowest BCUT2D eigenvalue weighted by Crippen LogP contribution is -2.56. The predicted octanol–water partition coefficient (Wildman–Crippen LogP) is 0.266. The van der Waals surface area contributed by atoms with Crippen molar-refractivity contribution in [2.24, 2.45) is 5.73 Å². The van der Waals surface area contributed by atoms with Gasteiger partial charge in [0.2, 0.25) is 17.7 Å². The second-order valence-electron chi connectivity index (χ2n) is 8.01. The Hall–Kier alpha value is -1.71. The normalized spacial score (nSPS) is 13.6. The summed E-state index contributed by atoms with van der Waals surface area (Å²) in [6, 6.07) is -1.91. The van der Waals surface area contributed by atoms with Crippen molar-refractivity contribution in [1.29, 1.82) is 0 Å². The number of carbonyl (C=O) groups excluding carboxylic acids is 3. The fourth-order valence-corrected chi connectivity index (χ4v) is 2.89. The van der Waals surface area contributed by atoms with Gasteiger partial charge < -0.3 is 30.5 Å². The van der Waals surface area contributed by atoms with Gasteiger partial charge in [0.25, 0.3) is 0 Å². The van der Waals surface area contributed by atoms with Crippen LogP contribution in [0.1, 0.15) is 59.3 Å². The zero-order valence-electron chi connectivity index (χ0n) is 18.5. The Bertz CT molecular complexity index is 521. The Morgan fingerprint density at radius 2 is 1.69 bits per heavy atom. The molecule has 0 unspecified atom stereocenters. The van der Waals surface area contributed by atoms with Crippen molar-refractivity contribution in [1.82, 2.24) is 9.80 Å². The van der Waals surface area contributed by atoms with Gasteiger partial charge >= 0.3 is 0 Å². The van der Waals surface area contributed by atoms with Crippen molar-refractivity contribution >= 4 is 17.7 Å². The number of nitrogens with zero attached hydrogens (tertiary/aromatic N) is 2. The van der Waals surface area contributed by atoms with Crippen molar-refractivity contribution in [2.45, 2.75) is 77.0 Å². The zero-order chi connectivity index (χ0) is 22.6. The van der Waals surface area contributed by atoms with Crippen LogP contribution in [0.25, 0.3) is 0 Å². The first-order valence-electron chi connectivity index (χ1n) is 10.2. The lowest BCUT2D eigenvalue weighted by Gasteiger charge is -2.35. The van der Waals surface area contributed by atoms with Crippen molar-refractivity contribution in [3.05, 3.63) is 0 Å². The molecule has 29 heavy (non-hydrogen) atoms. The Morgan fingerprint density at radius 3 is 2.17 bits per heavy atom. The fraction of sp³-hybridized carbons (Fsp3) is 0.850. The highest BCUT2D eigenvalue weighted by molar-refractivity contribution is 5.91. The first kappa shape index (κ1) is 27.3. The molecule has 0 rings (SSSR count). The van der Waals surface area contributed by atoms with Crippen molar-refractivity contribution in [3.8, 4) is 0 Å². The molecule has 9 heteroatoms. The van der Waals surface area contributed by atoms with Crippen LogP contribution in [-0.4, -0.2) is 89.3 Å². The number of rotatable bonds is 15. The number of likely N-dealkylation sites (N-methyl/N-ethyl adjacent to an activating group) is 2. The molecule has 0 heterocycles. The predicted molar refractivity (Wildman–Crippen MR) is 110 cm³/mol. The van der Waals surface area contributed by atoms with E-state index in [4.69, 9.17) is 15.6 Å². The second-order valence-corrected chi connectivity index (χ2v) is 8.01. The van der Waals surface area contributed by atoms with E-state index < -0.39 is 29.5 Å². The molecule has 4 N–H and O–H groups in total. The van der Waals surface area contributed by atoms with Gasteiger partial charge in [-0.3, -0.25) is 14.4 Å². The molecular formula is C20H39N3O6. The minimum absolute atomic E-state index is 0.0117. The number of carbonyl (C=O) groups is 3. The van der Waals surface area contributed by atoms with Crippen molar-refractivity contribution in [2.75, 3.05) is 33.9 Å². The fourth-order valence-electron chi connectivity index (χ4n) is 2.89. The number of unbranched alkanes of at least 4 members (excludes halogenated alkanes) is 2. The third-order valence-electron chi connectivity index (χ3n) is 4.67. The second kappa shape index (κ2) is 13.5. The van der Waals surface area contributed by atoms with Crippen LogP contribution in [0.5, 0.6) is 0 Å². The minimum atomic E-state index is -1.20. The Kier molecular flexibility index (Phi) is 12.7. The maximum absolute atomic E-state index is 13.1. The molecule has 0 spiro atoms. The number of primary amides is 1. The Labute approximate surface area is 174 Å². The summed E-state index contributed by atoms with van der Waals surface area (Å²) in [6.07, 6.45) is 3.13. The molecule has 0 aromatic rings. The molecule has 0 aromatic carbocycles. The van der Waals surface area contributed by atoms with Gasteiger partial charge in [0.1, 0.15) is 12.1 Å². The van der Waals surface area contributed by atoms with Gasteiger partial charge in [-0.2, -0.15) is 0 Å². The molecule has 0 fully saturated rings. The molecule has 0 radical (unpaired) electrons. The summed E-state index contributed by atoms with van der Waals surface area (Å²) in [5.41, 5.74) is 4.26. The van der Waals surface area contributed by atoms with Crippen LogP contribution < -0.4 is 5.73 Å². The zero-order valence-corrected chi connectivity index (χ0v) is 18.5. The lowest BCUT2D eigenvalue weighted by atomic mass is 9.97. The summed E-state index contributed by atoms with van der Waals surface area (Å²) in [7, 11) is 2.98. The first-order valence-corrected chi connectivity index (χ1v) is 10.2. The lowest BCUT2D eigenvalue weighted by molar-refractivity contribution is -0.150. The molecule has 3 amide bonds. The van der Waals surface area contributed by atoms with Crippen molar-refractivity contribution < 1.29 is 29.3 Å². The van der Waals surface area contributed by atoms with E-state index in [1.807, 2.05) is 6.92 Å². The molecule has 170 valence electrons.